The molecular formula is C22H28N2O6S. The number of esters is 1. The average Bonchev–Trinajstić information content (AvgIpc) is 2.77. The first kappa shape index (κ1) is 22.8. The summed E-state index contributed by atoms with van der Waals surface area (Å²) in [5.41, 5.74) is 1.18. The van der Waals surface area contributed by atoms with E-state index in [0.717, 1.165) is 5.56 Å². The zero-order valence-corrected chi connectivity index (χ0v) is 18.6. The number of amides is 1. The van der Waals surface area contributed by atoms with Crippen LogP contribution < -0.4 is 14.8 Å². The van der Waals surface area contributed by atoms with Crippen LogP contribution in [0.3, 0.4) is 0 Å². The van der Waals surface area contributed by atoms with E-state index in [1.54, 1.807) is 31.2 Å². The average molecular weight is 450 g/mol. The van der Waals surface area contributed by atoms with Gasteiger partial charge in [0, 0.05) is 12.1 Å². The summed E-state index contributed by atoms with van der Waals surface area (Å²) in [6, 6.07) is 10.5. The van der Waals surface area contributed by atoms with Gasteiger partial charge < -0.3 is 14.8 Å². The van der Waals surface area contributed by atoms with Crippen molar-refractivity contribution in [2.75, 3.05) is 20.3 Å². The molecule has 2 aromatic carbocycles. The highest BCUT2D eigenvalue weighted by atomic mass is 32.2. The normalized spacial score (nSPS) is 13.6. The van der Waals surface area contributed by atoms with Crippen molar-refractivity contribution in [2.24, 2.45) is 0 Å². The fraction of sp³-hybridized carbons (Fsp3) is 0.364. The second-order valence-corrected chi connectivity index (χ2v) is 8.46. The number of sulfonamides is 1. The number of ether oxygens (including phenoxy) is 2. The van der Waals surface area contributed by atoms with Gasteiger partial charge in [-0.25, -0.2) is 17.9 Å². The second kappa shape index (κ2) is 11.5. The maximum absolute atomic E-state index is 12.6. The van der Waals surface area contributed by atoms with Crippen LogP contribution in [0, 0.1) is 6.92 Å². The maximum atomic E-state index is 12.6. The summed E-state index contributed by atoms with van der Waals surface area (Å²) in [5.74, 6) is -0.982. The molecule has 0 radical (unpaired) electrons. The number of rotatable bonds is 11. The maximum Gasteiger partial charge on any atom is 0.328 e. The Balaban J connectivity index is 2.03. The van der Waals surface area contributed by atoms with Gasteiger partial charge in [-0.1, -0.05) is 17.7 Å². The molecule has 0 saturated carbocycles. The molecule has 1 amide bonds. The van der Waals surface area contributed by atoms with Gasteiger partial charge in [-0.3, -0.25) is 4.79 Å². The number of methoxy groups -OCH3 is 1. The van der Waals surface area contributed by atoms with Gasteiger partial charge in [0.05, 0.1) is 20.0 Å². The Labute approximate surface area is 184 Å². The lowest BCUT2D eigenvalue weighted by Crippen LogP contribution is -2.42. The summed E-state index contributed by atoms with van der Waals surface area (Å²) in [5, 5.41) is 2.40. The first-order valence-corrected chi connectivity index (χ1v) is 11.3. The van der Waals surface area contributed by atoms with Crippen LogP contribution in [-0.2, 0) is 19.6 Å². The monoisotopic (exact) mass is 449 g/mol. The van der Waals surface area contributed by atoms with Crippen LogP contribution in [0.25, 0.3) is 0 Å². The molecule has 0 aliphatic heterocycles. The summed E-state index contributed by atoms with van der Waals surface area (Å²) in [6.45, 7) is 3.47. The van der Waals surface area contributed by atoms with Crippen molar-refractivity contribution in [3.05, 3.63) is 59.7 Å². The van der Waals surface area contributed by atoms with E-state index in [0.29, 0.717) is 5.75 Å². The zero-order valence-electron chi connectivity index (χ0n) is 18.8. The number of carbonyl (C=O) groups excluding carboxylic acids is 2. The molecule has 0 spiro atoms. The lowest BCUT2D eigenvalue weighted by molar-refractivity contribution is -0.145. The predicted octanol–water partition coefficient (Wildman–Crippen LogP) is 2.42. The van der Waals surface area contributed by atoms with Gasteiger partial charge in [-0.15, -0.1) is 0 Å². The Morgan fingerprint density at radius 1 is 1.10 bits per heavy atom. The summed E-state index contributed by atoms with van der Waals surface area (Å²) in [6.07, 6.45) is -0.0273. The van der Waals surface area contributed by atoms with E-state index in [2.05, 4.69) is 10.0 Å². The first-order valence-electron chi connectivity index (χ1n) is 10.3. The molecule has 31 heavy (non-hydrogen) atoms. The molecule has 1 unspecified atom stereocenters. The number of hydrogen-bond acceptors (Lipinski definition) is 6. The molecule has 1 atom stereocenters. The third-order valence-electron chi connectivity index (χ3n) is 4.37. The smallest absolute Gasteiger partial charge is 0.328 e. The van der Waals surface area contributed by atoms with Gasteiger partial charge in [0.25, 0.3) is 5.91 Å². The Kier molecular flexibility index (Phi) is 8.43. The van der Waals surface area contributed by atoms with Gasteiger partial charge in [0.1, 0.15) is 11.8 Å². The fourth-order valence-corrected chi connectivity index (χ4v) is 3.73. The number of aryl methyl sites for hydroxylation is 1. The second-order valence-electron chi connectivity index (χ2n) is 6.70. The van der Waals surface area contributed by atoms with Crippen molar-refractivity contribution in [2.45, 2.75) is 37.6 Å². The van der Waals surface area contributed by atoms with Crippen LogP contribution in [0.4, 0.5) is 0 Å². The van der Waals surface area contributed by atoms with Gasteiger partial charge in [0.15, 0.2) is 0 Å². The van der Waals surface area contributed by atoms with Crippen molar-refractivity contribution in [1.29, 1.82) is 0 Å². The summed E-state index contributed by atoms with van der Waals surface area (Å²) >= 11 is 0. The van der Waals surface area contributed by atoms with Crippen molar-refractivity contribution in [3.63, 3.8) is 0 Å². The third kappa shape index (κ3) is 7.37. The number of hydrogen-bond donors (Lipinski definition) is 2. The SMILES string of the molecule is [2H]C(CCCNS(=O)(=O)c1ccc(C)cc1)(NC(=O)c1ccc(OC)cc1)C(=O)OCC. The van der Waals surface area contributed by atoms with Crippen molar-refractivity contribution in [1.82, 2.24) is 10.0 Å². The molecule has 0 fully saturated rings. The minimum Gasteiger partial charge on any atom is -0.497 e. The Hall–Kier alpha value is -2.91. The van der Waals surface area contributed by atoms with E-state index in [1.165, 1.54) is 31.4 Å². The highest BCUT2D eigenvalue weighted by molar-refractivity contribution is 7.89. The van der Waals surface area contributed by atoms with Crippen LogP contribution in [-0.4, -0.2) is 46.6 Å². The lowest BCUT2D eigenvalue weighted by Gasteiger charge is -2.17. The van der Waals surface area contributed by atoms with Crippen LogP contribution in [0.15, 0.2) is 53.4 Å². The van der Waals surface area contributed by atoms with Gasteiger partial charge in [-0.2, -0.15) is 0 Å². The summed E-state index contributed by atoms with van der Waals surface area (Å²) < 4.78 is 45.7. The molecule has 0 bridgehead atoms. The Morgan fingerprint density at radius 3 is 2.32 bits per heavy atom. The van der Waals surface area contributed by atoms with Gasteiger partial charge in [-0.05, 0) is 63.1 Å². The quantitative estimate of drug-likeness (QED) is 0.403. The van der Waals surface area contributed by atoms with E-state index in [1.807, 2.05) is 6.92 Å². The van der Waals surface area contributed by atoms with Gasteiger partial charge in [0.2, 0.25) is 10.0 Å². The van der Waals surface area contributed by atoms with Crippen LogP contribution in [0.2, 0.25) is 0 Å². The standard InChI is InChI=1S/C22H28N2O6S/c1-4-30-22(26)20(24-21(25)17-9-11-18(29-3)12-10-17)6-5-15-23-31(27,28)19-13-7-16(2)8-14-19/h7-14,20,23H,4-6,15H2,1-3H3,(H,24,25)/i20D. The van der Waals surface area contributed by atoms with E-state index >= 15 is 0 Å². The van der Waals surface area contributed by atoms with E-state index < -0.39 is 27.9 Å². The van der Waals surface area contributed by atoms with Gasteiger partial charge >= 0.3 is 5.97 Å². The number of benzene rings is 2. The molecular weight excluding hydrogens is 420 g/mol. The molecule has 9 heteroatoms. The first-order chi connectivity index (χ1) is 15.1. The molecule has 2 N–H and O–H groups in total. The largest absolute Gasteiger partial charge is 0.497 e. The molecule has 2 aromatic rings. The summed E-state index contributed by atoms with van der Waals surface area (Å²) in [4.78, 5) is 25.1. The number of carbonyl (C=O) groups is 2. The Morgan fingerprint density at radius 2 is 1.74 bits per heavy atom. The molecule has 168 valence electrons. The van der Waals surface area contributed by atoms with Crippen LogP contribution in [0.5, 0.6) is 5.75 Å². The molecule has 0 heterocycles. The Bertz CT molecular complexity index is 1030. The van der Waals surface area contributed by atoms with E-state index in [-0.39, 0.29) is 36.5 Å². The zero-order chi connectivity index (χ0) is 23.8. The molecule has 0 aromatic heterocycles. The van der Waals surface area contributed by atoms with Crippen molar-refractivity contribution < 1.29 is 28.9 Å². The fourth-order valence-electron chi connectivity index (χ4n) is 2.66. The highest BCUT2D eigenvalue weighted by Gasteiger charge is 2.23. The molecule has 0 saturated heterocycles. The predicted molar refractivity (Wildman–Crippen MR) is 116 cm³/mol. The minimum atomic E-state index is -3.72. The van der Waals surface area contributed by atoms with E-state index in [4.69, 9.17) is 10.8 Å². The highest BCUT2D eigenvalue weighted by Crippen LogP contribution is 2.13. The summed E-state index contributed by atoms with van der Waals surface area (Å²) in [7, 11) is -2.23. The minimum absolute atomic E-state index is 0.0192. The molecule has 8 nitrogen and oxygen atoms in total. The molecule has 2 rings (SSSR count). The topological polar surface area (TPSA) is 111 Å². The third-order valence-corrected chi connectivity index (χ3v) is 5.84. The molecule has 0 aliphatic carbocycles. The van der Waals surface area contributed by atoms with E-state index in [9.17, 15) is 18.0 Å². The van der Waals surface area contributed by atoms with Crippen molar-refractivity contribution in [3.8, 4) is 5.75 Å². The lowest BCUT2D eigenvalue weighted by atomic mass is 10.1. The van der Waals surface area contributed by atoms with Crippen molar-refractivity contribution >= 4 is 21.9 Å². The van der Waals surface area contributed by atoms with Crippen LogP contribution >= 0.6 is 0 Å². The van der Waals surface area contributed by atoms with Crippen LogP contribution in [0.1, 0.15) is 37.1 Å². The number of nitrogens with one attached hydrogen (secondary N) is 2. The molecule has 0 aliphatic rings.